The first-order valence-corrected chi connectivity index (χ1v) is 5.78. The number of ether oxygens (including phenoxy) is 1. The topological polar surface area (TPSA) is 70.6 Å². The molecule has 0 aliphatic carbocycles. The highest BCUT2D eigenvalue weighted by atomic mass is 16.5. The minimum Gasteiger partial charge on any atom is -0.394 e. The summed E-state index contributed by atoms with van der Waals surface area (Å²) < 4.78 is 5.24. The fourth-order valence-electron chi connectivity index (χ4n) is 1.58. The molecule has 1 heterocycles. The summed E-state index contributed by atoms with van der Waals surface area (Å²) in [6.45, 7) is 5.74. The highest BCUT2D eigenvalue weighted by Gasteiger charge is 2.20. The molecule has 16 heavy (non-hydrogen) atoms. The number of rotatable bonds is 4. The fraction of sp³-hybridized carbons (Fsp3) is 0.909. The van der Waals surface area contributed by atoms with Crippen LogP contribution in [0.5, 0.6) is 0 Å². The summed E-state index contributed by atoms with van der Waals surface area (Å²) in [7, 11) is 0. The van der Waals surface area contributed by atoms with Crippen molar-refractivity contribution in [3.05, 3.63) is 0 Å². The molecule has 0 aromatic heterocycles. The summed E-state index contributed by atoms with van der Waals surface area (Å²) in [6.07, 6.45) is 2.01. The van der Waals surface area contributed by atoms with E-state index in [0.29, 0.717) is 12.5 Å². The van der Waals surface area contributed by atoms with Crippen molar-refractivity contribution < 1.29 is 14.6 Å². The van der Waals surface area contributed by atoms with E-state index in [4.69, 9.17) is 9.84 Å². The minimum absolute atomic E-state index is 0.0717. The van der Waals surface area contributed by atoms with Crippen LogP contribution in [0.4, 0.5) is 4.79 Å². The van der Waals surface area contributed by atoms with Crippen molar-refractivity contribution >= 4 is 6.03 Å². The second-order valence-corrected chi connectivity index (χ2v) is 4.93. The van der Waals surface area contributed by atoms with Crippen molar-refractivity contribution in [2.75, 3.05) is 26.4 Å². The quantitative estimate of drug-likeness (QED) is 0.658. The van der Waals surface area contributed by atoms with Crippen molar-refractivity contribution in [2.45, 2.75) is 32.2 Å². The van der Waals surface area contributed by atoms with E-state index in [0.717, 1.165) is 26.1 Å². The Morgan fingerprint density at radius 3 is 2.62 bits per heavy atom. The predicted octanol–water partition coefficient (Wildman–Crippen LogP) is 0.483. The monoisotopic (exact) mass is 230 g/mol. The maximum Gasteiger partial charge on any atom is 0.315 e. The van der Waals surface area contributed by atoms with E-state index < -0.39 is 5.54 Å². The average molecular weight is 230 g/mol. The van der Waals surface area contributed by atoms with E-state index in [1.165, 1.54) is 0 Å². The van der Waals surface area contributed by atoms with Gasteiger partial charge >= 0.3 is 6.03 Å². The van der Waals surface area contributed by atoms with Crippen LogP contribution in [0.3, 0.4) is 0 Å². The minimum atomic E-state index is -0.570. The number of carbonyl (C=O) groups is 1. The predicted molar refractivity (Wildman–Crippen MR) is 61.2 cm³/mol. The van der Waals surface area contributed by atoms with Gasteiger partial charge in [0.2, 0.25) is 0 Å². The van der Waals surface area contributed by atoms with Crippen LogP contribution < -0.4 is 10.6 Å². The van der Waals surface area contributed by atoms with Gasteiger partial charge in [-0.15, -0.1) is 0 Å². The SMILES string of the molecule is CC(C)(CO)NC(=O)NCC1CCOCC1. The van der Waals surface area contributed by atoms with E-state index >= 15 is 0 Å². The third kappa shape index (κ3) is 4.81. The van der Waals surface area contributed by atoms with Gasteiger partial charge in [0.1, 0.15) is 0 Å². The summed E-state index contributed by atoms with van der Waals surface area (Å²) in [5.74, 6) is 0.511. The van der Waals surface area contributed by atoms with Gasteiger partial charge in [-0.1, -0.05) is 0 Å². The number of aliphatic hydroxyl groups is 1. The number of carbonyl (C=O) groups excluding carboxylic acids is 1. The molecule has 0 aromatic rings. The summed E-state index contributed by atoms with van der Waals surface area (Å²) in [5.41, 5.74) is -0.570. The first-order valence-electron chi connectivity index (χ1n) is 5.78. The zero-order chi connectivity index (χ0) is 12.0. The van der Waals surface area contributed by atoms with Gasteiger partial charge in [-0.05, 0) is 32.6 Å². The van der Waals surface area contributed by atoms with Gasteiger partial charge in [-0.3, -0.25) is 0 Å². The normalized spacial score (nSPS) is 18.2. The smallest absolute Gasteiger partial charge is 0.315 e. The lowest BCUT2D eigenvalue weighted by atomic mass is 10.0. The van der Waals surface area contributed by atoms with E-state index in [1.54, 1.807) is 13.8 Å². The van der Waals surface area contributed by atoms with Gasteiger partial charge < -0.3 is 20.5 Å². The first kappa shape index (κ1) is 13.3. The molecule has 3 N–H and O–H groups in total. The standard InChI is InChI=1S/C11H22N2O3/c1-11(2,8-14)13-10(15)12-7-9-3-5-16-6-4-9/h9,14H,3-8H2,1-2H3,(H2,12,13,15). The molecule has 1 rings (SSSR count). The number of aliphatic hydroxyl groups excluding tert-OH is 1. The van der Waals surface area contributed by atoms with Crippen molar-refractivity contribution in [2.24, 2.45) is 5.92 Å². The van der Waals surface area contributed by atoms with Crippen LogP contribution in [0.25, 0.3) is 0 Å². The molecule has 1 aliphatic rings. The summed E-state index contributed by atoms with van der Waals surface area (Å²) >= 11 is 0. The molecule has 0 saturated carbocycles. The van der Waals surface area contributed by atoms with Crippen LogP contribution in [0.15, 0.2) is 0 Å². The Balaban J connectivity index is 2.19. The number of urea groups is 1. The fourth-order valence-corrected chi connectivity index (χ4v) is 1.58. The second kappa shape index (κ2) is 6.06. The number of nitrogens with one attached hydrogen (secondary N) is 2. The molecule has 1 fully saturated rings. The lowest BCUT2D eigenvalue weighted by Crippen LogP contribution is -2.51. The Morgan fingerprint density at radius 1 is 1.44 bits per heavy atom. The average Bonchev–Trinajstić information content (AvgIpc) is 2.27. The molecule has 0 spiro atoms. The highest BCUT2D eigenvalue weighted by Crippen LogP contribution is 2.13. The summed E-state index contributed by atoms with van der Waals surface area (Å²) in [4.78, 5) is 11.5. The molecule has 0 unspecified atom stereocenters. The first-order chi connectivity index (χ1) is 7.53. The van der Waals surface area contributed by atoms with Crippen LogP contribution in [-0.4, -0.2) is 43.0 Å². The lowest BCUT2D eigenvalue weighted by molar-refractivity contribution is 0.0667. The van der Waals surface area contributed by atoms with E-state index in [2.05, 4.69) is 10.6 Å². The Hall–Kier alpha value is -0.810. The Kier molecular flexibility index (Phi) is 5.02. The second-order valence-electron chi connectivity index (χ2n) is 4.93. The highest BCUT2D eigenvalue weighted by molar-refractivity contribution is 5.74. The van der Waals surface area contributed by atoms with Crippen molar-refractivity contribution in [1.82, 2.24) is 10.6 Å². The molecular weight excluding hydrogens is 208 g/mol. The van der Waals surface area contributed by atoms with E-state index in [1.807, 2.05) is 0 Å². The lowest BCUT2D eigenvalue weighted by Gasteiger charge is -2.26. The third-order valence-corrected chi connectivity index (χ3v) is 2.74. The van der Waals surface area contributed by atoms with E-state index in [9.17, 15) is 4.79 Å². The van der Waals surface area contributed by atoms with Gasteiger partial charge in [0.25, 0.3) is 0 Å². The molecule has 0 aromatic carbocycles. The molecular formula is C11H22N2O3. The van der Waals surface area contributed by atoms with Crippen LogP contribution >= 0.6 is 0 Å². The molecule has 5 heteroatoms. The van der Waals surface area contributed by atoms with Crippen LogP contribution in [0, 0.1) is 5.92 Å². The Bertz CT molecular complexity index is 225. The van der Waals surface area contributed by atoms with Crippen LogP contribution in [0.2, 0.25) is 0 Å². The zero-order valence-electron chi connectivity index (χ0n) is 10.1. The molecule has 1 aliphatic heterocycles. The molecule has 0 radical (unpaired) electrons. The maximum atomic E-state index is 11.5. The molecule has 94 valence electrons. The van der Waals surface area contributed by atoms with Crippen molar-refractivity contribution in [3.8, 4) is 0 Å². The third-order valence-electron chi connectivity index (χ3n) is 2.74. The van der Waals surface area contributed by atoms with Gasteiger partial charge in [0, 0.05) is 19.8 Å². The number of hydrogen-bond donors (Lipinski definition) is 3. The Labute approximate surface area is 96.6 Å². The number of amides is 2. The Morgan fingerprint density at radius 2 is 2.06 bits per heavy atom. The maximum absolute atomic E-state index is 11.5. The summed E-state index contributed by atoms with van der Waals surface area (Å²) in [6, 6.07) is -0.217. The van der Waals surface area contributed by atoms with Gasteiger partial charge in [0.05, 0.1) is 12.1 Å². The molecule has 2 amide bonds. The van der Waals surface area contributed by atoms with Gasteiger partial charge in [0.15, 0.2) is 0 Å². The van der Waals surface area contributed by atoms with Crippen molar-refractivity contribution in [1.29, 1.82) is 0 Å². The zero-order valence-corrected chi connectivity index (χ0v) is 10.1. The van der Waals surface area contributed by atoms with Crippen LogP contribution in [0.1, 0.15) is 26.7 Å². The molecule has 5 nitrogen and oxygen atoms in total. The van der Waals surface area contributed by atoms with Gasteiger partial charge in [-0.2, -0.15) is 0 Å². The largest absolute Gasteiger partial charge is 0.394 e. The molecule has 0 bridgehead atoms. The van der Waals surface area contributed by atoms with Gasteiger partial charge in [-0.25, -0.2) is 4.79 Å². The van der Waals surface area contributed by atoms with Crippen LogP contribution in [-0.2, 0) is 4.74 Å². The van der Waals surface area contributed by atoms with Crippen molar-refractivity contribution in [3.63, 3.8) is 0 Å². The summed E-state index contributed by atoms with van der Waals surface area (Å²) in [5, 5.41) is 14.5. The molecule has 1 saturated heterocycles. The number of hydrogen-bond acceptors (Lipinski definition) is 3. The molecule has 0 atom stereocenters. The van der Waals surface area contributed by atoms with E-state index in [-0.39, 0.29) is 12.6 Å².